The molecule has 7 heteroatoms. The fraction of sp³-hybridized carbons (Fsp3) is 0.667. The first-order valence-electron chi connectivity index (χ1n) is 9.77. The summed E-state index contributed by atoms with van der Waals surface area (Å²) in [6, 6.07) is 8.51. The van der Waals surface area contributed by atoms with E-state index in [0.29, 0.717) is 5.41 Å². The Morgan fingerprint density at radius 3 is 2.32 bits per heavy atom. The third-order valence-corrected chi connectivity index (χ3v) is 5.69. The lowest BCUT2D eigenvalue weighted by Gasteiger charge is -2.42. The summed E-state index contributed by atoms with van der Waals surface area (Å²) in [5, 5.41) is 7.02. The number of guanidine groups is 1. The minimum absolute atomic E-state index is 0. The quantitative estimate of drug-likeness (QED) is 0.291. The van der Waals surface area contributed by atoms with Gasteiger partial charge in [-0.15, -0.1) is 24.0 Å². The van der Waals surface area contributed by atoms with Crippen molar-refractivity contribution in [3.63, 3.8) is 0 Å². The number of nitrogens with zero attached hydrogens (tertiary/aromatic N) is 2. The van der Waals surface area contributed by atoms with Gasteiger partial charge in [-0.2, -0.15) is 0 Å². The van der Waals surface area contributed by atoms with Crippen LogP contribution in [0.3, 0.4) is 0 Å². The highest BCUT2D eigenvalue weighted by Gasteiger charge is 2.36. The molecule has 0 radical (unpaired) electrons. The van der Waals surface area contributed by atoms with E-state index in [1.165, 1.54) is 24.8 Å². The van der Waals surface area contributed by atoms with Crippen molar-refractivity contribution in [3.8, 4) is 5.75 Å². The van der Waals surface area contributed by atoms with Crippen LogP contribution in [0.25, 0.3) is 0 Å². The molecule has 0 heterocycles. The topological polar surface area (TPSA) is 58.1 Å². The minimum Gasteiger partial charge on any atom is -0.497 e. The van der Waals surface area contributed by atoms with Crippen LogP contribution >= 0.6 is 24.0 Å². The van der Waals surface area contributed by atoms with Crippen molar-refractivity contribution in [1.82, 2.24) is 15.5 Å². The van der Waals surface area contributed by atoms with Crippen molar-refractivity contribution in [3.05, 3.63) is 29.8 Å². The zero-order chi connectivity index (χ0) is 19.7. The van der Waals surface area contributed by atoms with E-state index in [1.54, 1.807) is 14.2 Å². The fourth-order valence-electron chi connectivity index (χ4n) is 3.62. The summed E-state index contributed by atoms with van der Waals surface area (Å²) in [6.45, 7) is 2.56. The van der Waals surface area contributed by atoms with E-state index in [2.05, 4.69) is 46.8 Å². The maximum absolute atomic E-state index is 5.29. The Labute approximate surface area is 187 Å². The average Bonchev–Trinajstić information content (AvgIpc) is 2.65. The van der Waals surface area contributed by atoms with Gasteiger partial charge in [0.1, 0.15) is 5.75 Å². The van der Waals surface area contributed by atoms with Crippen molar-refractivity contribution in [2.24, 2.45) is 10.4 Å². The molecule has 2 rings (SSSR count). The second kappa shape index (κ2) is 12.5. The Hall–Kier alpha value is -1.06. The molecule has 0 amide bonds. The zero-order valence-electron chi connectivity index (χ0n) is 18.0. The third kappa shape index (κ3) is 7.08. The molecule has 1 aliphatic carbocycles. The Morgan fingerprint density at radius 1 is 1.18 bits per heavy atom. The molecule has 28 heavy (non-hydrogen) atoms. The summed E-state index contributed by atoms with van der Waals surface area (Å²) in [6.07, 6.45) is 4.97. The number of ether oxygens (including phenoxy) is 2. The summed E-state index contributed by atoms with van der Waals surface area (Å²) >= 11 is 0. The normalized spacial score (nSPS) is 16.7. The SMILES string of the molecule is CN=C(NCC(c1ccc(OC)cc1)N(C)C)NCC1(CCOC)CCC1.I. The van der Waals surface area contributed by atoms with Crippen LogP contribution in [0.15, 0.2) is 29.3 Å². The summed E-state index contributed by atoms with van der Waals surface area (Å²) in [7, 11) is 9.50. The number of halogens is 1. The second-order valence-electron chi connectivity index (χ2n) is 7.66. The molecule has 0 aliphatic heterocycles. The van der Waals surface area contributed by atoms with Crippen LogP contribution < -0.4 is 15.4 Å². The van der Waals surface area contributed by atoms with Gasteiger partial charge < -0.3 is 25.0 Å². The molecule has 2 N–H and O–H groups in total. The van der Waals surface area contributed by atoms with E-state index in [-0.39, 0.29) is 30.0 Å². The van der Waals surface area contributed by atoms with Gasteiger partial charge in [0.2, 0.25) is 0 Å². The highest BCUT2D eigenvalue weighted by molar-refractivity contribution is 14.0. The maximum Gasteiger partial charge on any atom is 0.191 e. The van der Waals surface area contributed by atoms with Crippen molar-refractivity contribution < 1.29 is 9.47 Å². The number of methoxy groups -OCH3 is 2. The number of benzene rings is 1. The Kier molecular flexibility index (Phi) is 11.1. The van der Waals surface area contributed by atoms with Crippen molar-refractivity contribution in [1.29, 1.82) is 0 Å². The molecule has 160 valence electrons. The first kappa shape index (κ1) is 25.0. The van der Waals surface area contributed by atoms with E-state index >= 15 is 0 Å². The summed E-state index contributed by atoms with van der Waals surface area (Å²) < 4.78 is 10.6. The van der Waals surface area contributed by atoms with Gasteiger partial charge in [0.05, 0.1) is 13.2 Å². The molecule has 0 saturated heterocycles. The van der Waals surface area contributed by atoms with E-state index in [9.17, 15) is 0 Å². The van der Waals surface area contributed by atoms with E-state index in [0.717, 1.165) is 37.8 Å². The van der Waals surface area contributed by atoms with Gasteiger partial charge in [-0.05, 0) is 56.5 Å². The number of nitrogens with one attached hydrogen (secondary N) is 2. The number of likely N-dealkylation sites (N-methyl/N-ethyl adjacent to an activating group) is 1. The van der Waals surface area contributed by atoms with Crippen LogP contribution in [0, 0.1) is 5.41 Å². The zero-order valence-corrected chi connectivity index (χ0v) is 20.3. The molecular formula is C21H37IN4O2. The Morgan fingerprint density at radius 2 is 1.86 bits per heavy atom. The minimum atomic E-state index is 0. The predicted octanol–water partition coefficient (Wildman–Crippen LogP) is 3.29. The molecule has 0 aromatic heterocycles. The standard InChI is InChI=1S/C21H36N4O2.HI/c1-22-20(24-16-21(11-6-12-21)13-14-26-4)23-15-19(25(2)3)17-7-9-18(27-5)10-8-17;/h7-10,19H,6,11-16H2,1-5H3,(H2,22,23,24);1H. The number of hydrogen-bond acceptors (Lipinski definition) is 4. The average molecular weight is 504 g/mol. The van der Waals surface area contributed by atoms with Gasteiger partial charge in [-0.3, -0.25) is 4.99 Å². The van der Waals surface area contributed by atoms with Gasteiger partial charge in [-0.1, -0.05) is 18.6 Å². The Balaban J connectivity index is 0.00000392. The van der Waals surface area contributed by atoms with Crippen molar-refractivity contribution >= 4 is 29.9 Å². The fourth-order valence-corrected chi connectivity index (χ4v) is 3.62. The number of hydrogen-bond donors (Lipinski definition) is 2. The molecule has 1 saturated carbocycles. The van der Waals surface area contributed by atoms with Crippen LogP contribution in [0.5, 0.6) is 5.75 Å². The number of rotatable bonds is 10. The van der Waals surface area contributed by atoms with Crippen LogP contribution in [0.2, 0.25) is 0 Å². The smallest absolute Gasteiger partial charge is 0.191 e. The van der Waals surface area contributed by atoms with Crippen molar-refractivity contribution in [2.75, 3.05) is 55.1 Å². The molecule has 0 bridgehead atoms. The van der Waals surface area contributed by atoms with E-state index in [4.69, 9.17) is 9.47 Å². The highest BCUT2D eigenvalue weighted by atomic mass is 127. The lowest BCUT2D eigenvalue weighted by molar-refractivity contribution is 0.0732. The lowest BCUT2D eigenvalue weighted by atomic mass is 9.67. The second-order valence-corrected chi connectivity index (χ2v) is 7.66. The predicted molar refractivity (Wildman–Crippen MR) is 127 cm³/mol. The van der Waals surface area contributed by atoms with Gasteiger partial charge >= 0.3 is 0 Å². The summed E-state index contributed by atoms with van der Waals surface area (Å²) in [5.41, 5.74) is 1.61. The van der Waals surface area contributed by atoms with Gasteiger partial charge in [-0.25, -0.2) is 0 Å². The molecule has 1 fully saturated rings. The van der Waals surface area contributed by atoms with Gasteiger partial charge in [0, 0.05) is 33.9 Å². The van der Waals surface area contributed by atoms with Crippen LogP contribution in [0.1, 0.15) is 37.3 Å². The molecule has 1 aromatic carbocycles. The van der Waals surface area contributed by atoms with Crippen LogP contribution in [-0.2, 0) is 4.74 Å². The Bertz CT molecular complexity index is 589. The number of aliphatic imine (C=N–C) groups is 1. The molecule has 0 spiro atoms. The first-order chi connectivity index (χ1) is 13.0. The summed E-state index contributed by atoms with van der Waals surface area (Å²) in [5.74, 6) is 1.74. The summed E-state index contributed by atoms with van der Waals surface area (Å²) in [4.78, 5) is 6.62. The van der Waals surface area contributed by atoms with E-state index in [1.807, 2.05) is 19.2 Å². The lowest BCUT2D eigenvalue weighted by Crippen LogP contribution is -2.48. The largest absolute Gasteiger partial charge is 0.497 e. The van der Waals surface area contributed by atoms with Crippen LogP contribution in [-0.4, -0.2) is 65.9 Å². The third-order valence-electron chi connectivity index (χ3n) is 5.69. The van der Waals surface area contributed by atoms with E-state index < -0.39 is 0 Å². The molecule has 1 unspecified atom stereocenters. The molecule has 1 aromatic rings. The monoisotopic (exact) mass is 504 g/mol. The molecule has 1 atom stereocenters. The molecule has 1 aliphatic rings. The molecular weight excluding hydrogens is 467 g/mol. The molecule has 6 nitrogen and oxygen atoms in total. The highest BCUT2D eigenvalue weighted by Crippen LogP contribution is 2.43. The van der Waals surface area contributed by atoms with Crippen molar-refractivity contribution in [2.45, 2.75) is 31.7 Å². The first-order valence-corrected chi connectivity index (χ1v) is 9.77. The van der Waals surface area contributed by atoms with Crippen LogP contribution in [0.4, 0.5) is 0 Å². The maximum atomic E-state index is 5.29. The van der Waals surface area contributed by atoms with Gasteiger partial charge in [0.25, 0.3) is 0 Å². The van der Waals surface area contributed by atoms with Gasteiger partial charge in [0.15, 0.2) is 5.96 Å².